The summed E-state index contributed by atoms with van der Waals surface area (Å²) in [6.07, 6.45) is 0.713. The first-order valence-electron chi connectivity index (χ1n) is 4.76. The number of carbonyl (C=O) groups is 1. The molecular weight excluding hydrogens is 190 g/mol. The molecule has 3 heteroatoms. The lowest BCUT2D eigenvalue weighted by molar-refractivity contribution is 0.101. The second-order valence-corrected chi connectivity index (χ2v) is 3.23. The molecule has 0 radical (unpaired) electrons. The van der Waals surface area contributed by atoms with E-state index in [-0.39, 0.29) is 5.78 Å². The van der Waals surface area contributed by atoms with Gasteiger partial charge in [0.05, 0.1) is 18.7 Å². The first-order valence-corrected chi connectivity index (χ1v) is 4.76. The van der Waals surface area contributed by atoms with Crippen molar-refractivity contribution in [3.05, 3.63) is 28.8 Å². The van der Waals surface area contributed by atoms with Gasteiger partial charge in [-0.25, -0.2) is 0 Å². The number of methoxy groups -OCH3 is 1. The summed E-state index contributed by atoms with van der Waals surface area (Å²) < 4.78 is 5.17. The van der Waals surface area contributed by atoms with Crippen LogP contribution < -0.4 is 4.74 Å². The van der Waals surface area contributed by atoms with Crippen molar-refractivity contribution < 1.29 is 9.53 Å². The van der Waals surface area contributed by atoms with Crippen molar-refractivity contribution in [3.8, 4) is 11.8 Å². The molecule has 1 rings (SSSR count). The maximum atomic E-state index is 11.2. The summed E-state index contributed by atoms with van der Waals surface area (Å²) in [4.78, 5) is 11.2. The number of nitriles is 1. The van der Waals surface area contributed by atoms with Gasteiger partial charge in [0, 0.05) is 11.1 Å². The zero-order valence-corrected chi connectivity index (χ0v) is 9.13. The van der Waals surface area contributed by atoms with Gasteiger partial charge in [0.2, 0.25) is 0 Å². The summed E-state index contributed by atoms with van der Waals surface area (Å²) >= 11 is 0. The summed E-state index contributed by atoms with van der Waals surface area (Å²) in [5.74, 6) is 0.550. The molecule has 0 atom stereocenters. The smallest absolute Gasteiger partial charge is 0.159 e. The fourth-order valence-electron chi connectivity index (χ4n) is 1.50. The number of ketones is 1. The number of ether oxygens (including phenoxy) is 1. The molecule has 15 heavy (non-hydrogen) atoms. The highest BCUT2D eigenvalue weighted by Crippen LogP contribution is 2.25. The second-order valence-electron chi connectivity index (χ2n) is 3.23. The van der Waals surface area contributed by atoms with E-state index in [1.807, 2.05) is 6.92 Å². The summed E-state index contributed by atoms with van der Waals surface area (Å²) in [6.45, 7) is 3.42. The molecule has 0 amide bonds. The predicted molar refractivity (Wildman–Crippen MR) is 57.1 cm³/mol. The molecule has 0 bridgehead atoms. The molecule has 0 N–H and O–H groups in total. The fourth-order valence-corrected chi connectivity index (χ4v) is 1.50. The first kappa shape index (κ1) is 11.3. The molecule has 0 aliphatic carbocycles. The Labute approximate surface area is 89.3 Å². The predicted octanol–water partition coefficient (Wildman–Crippen LogP) is 2.33. The number of rotatable bonds is 3. The van der Waals surface area contributed by atoms with Crippen LogP contribution in [0.5, 0.6) is 5.75 Å². The summed E-state index contributed by atoms with van der Waals surface area (Å²) in [6, 6.07) is 5.38. The molecule has 0 saturated heterocycles. The highest BCUT2D eigenvalue weighted by Gasteiger charge is 2.11. The Kier molecular flexibility index (Phi) is 3.46. The van der Waals surface area contributed by atoms with E-state index in [1.54, 1.807) is 19.2 Å². The quantitative estimate of drug-likeness (QED) is 0.708. The number of Topliss-reactive ketones (excluding diaryl/α,β-unsaturated/α-hetero) is 1. The van der Waals surface area contributed by atoms with Crippen LogP contribution in [0.25, 0.3) is 0 Å². The van der Waals surface area contributed by atoms with E-state index < -0.39 is 0 Å². The maximum absolute atomic E-state index is 11.2. The van der Waals surface area contributed by atoms with Crippen molar-refractivity contribution >= 4 is 5.78 Å². The van der Waals surface area contributed by atoms with Crippen LogP contribution in [0.15, 0.2) is 12.1 Å². The van der Waals surface area contributed by atoms with E-state index in [4.69, 9.17) is 10.00 Å². The SMILES string of the molecule is CCc1c(C#N)cc(C(C)=O)cc1OC. The van der Waals surface area contributed by atoms with Crippen LogP contribution >= 0.6 is 0 Å². The Bertz CT molecular complexity index is 430. The van der Waals surface area contributed by atoms with Crippen molar-refractivity contribution in [1.29, 1.82) is 5.26 Å². The lowest BCUT2D eigenvalue weighted by atomic mass is 10.00. The molecule has 0 spiro atoms. The van der Waals surface area contributed by atoms with E-state index in [1.165, 1.54) is 6.92 Å². The lowest BCUT2D eigenvalue weighted by Gasteiger charge is -2.09. The van der Waals surface area contributed by atoms with Gasteiger partial charge in [-0.05, 0) is 25.5 Å². The second kappa shape index (κ2) is 4.61. The van der Waals surface area contributed by atoms with Gasteiger partial charge < -0.3 is 4.74 Å². The third kappa shape index (κ3) is 2.16. The van der Waals surface area contributed by atoms with Gasteiger partial charge in [-0.2, -0.15) is 5.26 Å². The van der Waals surface area contributed by atoms with Crippen LogP contribution in [0.2, 0.25) is 0 Å². The van der Waals surface area contributed by atoms with Crippen LogP contribution in [-0.4, -0.2) is 12.9 Å². The van der Waals surface area contributed by atoms with Gasteiger partial charge >= 0.3 is 0 Å². The standard InChI is InChI=1S/C12H13NO2/c1-4-11-10(7-13)5-9(8(2)14)6-12(11)15-3/h5-6H,4H2,1-3H3. The maximum Gasteiger partial charge on any atom is 0.159 e. The summed E-state index contributed by atoms with van der Waals surface area (Å²) in [5.41, 5.74) is 1.88. The van der Waals surface area contributed by atoms with E-state index in [0.29, 0.717) is 23.3 Å². The van der Waals surface area contributed by atoms with Gasteiger partial charge in [-0.1, -0.05) is 6.92 Å². The van der Waals surface area contributed by atoms with E-state index in [9.17, 15) is 4.79 Å². The molecule has 0 fully saturated rings. The van der Waals surface area contributed by atoms with Crippen molar-refractivity contribution in [2.24, 2.45) is 0 Å². The average molecular weight is 203 g/mol. The van der Waals surface area contributed by atoms with E-state index in [2.05, 4.69) is 6.07 Å². The molecule has 78 valence electrons. The van der Waals surface area contributed by atoms with Gasteiger partial charge in [0.1, 0.15) is 5.75 Å². The van der Waals surface area contributed by atoms with Gasteiger partial charge in [-0.15, -0.1) is 0 Å². The van der Waals surface area contributed by atoms with Crippen LogP contribution in [0.4, 0.5) is 0 Å². The van der Waals surface area contributed by atoms with Crippen LogP contribution in [0, 0.1) is 11.3 Å². The third-order valence-electron chi connectivity index (χ3n) is 2.31. The lowest BCUT2D eigenvalue weighted by Crippen LogP contribution is -2.00. The van der Waals surface area contributed by atoms with Crippen molar-refractivity contribution in [2.75, 3.05) is 7.11 Å². The number of hydrogen-bond donors (Lipinski definition) is 0. The summed E-state index contributed by atoms with van der Waals surface area (Å²) in [7, 11) is 1.54. The van der Waals surface area contributed by atoms with Crippen molar-refractivity contribution in [3.63, 3.8) is 0 Å². The average Bonchev–Trinajstić information content (AvgIpc) is 2.26. The Morgan fingerprint density at radius 2 is 2.20 bits per heavy atom. The summed E-state index contributed by atoms with van der Waals surface area (Å²) in [5, 5.41) is 8.96. The molecule has 0 aliphatic rings. The fraction of sp³-hybridized carbons (Fsp3) is 0.333. The number of nitrogens with zero attached hydrogens (tertiary/aromatic N) is 1. The minimum absolute atomic E-state index is 0.0625. The zero-order chi connectivity index (χ0) is 11.4. The molecule has 0 unspecified atom stereocenters. The Hall–Kier alpha value is -1.82. The first-order chi connectivity index (χ1) is 7.13. The minimum atomic E-state index is -0.0625. The Morgan fingerprint density at radius 1 is 1.53 bits per heavy atom. The Morgan fingerprint density at radius 3 is 2.60 bits per heavy atom. The zero-order valence-electron chi connectivity index (χ0n) is 9.13. The molecule has 1 aromatic rings. The highest BCUT2D eigenvalue weighted by atomic mass is 16.5. The minimum Gasteiger partial charge on any atom is -0.496 e. The van der Waals surface area contributed by atoms with E-state index >= 15 is 0 Å². The van der Waals surface area contributed by atoms with E-state index in [0.717, 1.165) is 5.56 Å². The molecule has 0 aliphatic heterocycles. The Balaban J connectivity index is 3.44. The number of benzene rings is 1. The molecule has 0 saturated carbocycles. The third-order valence-corrected chi connectivity index (χ3v) is 2.31. The van der Waals surface area contributed by atoms with Crippen LogP contribution in [0.1, 0.15) is 35.3 Å². The normalized spacial score (nSPS) is 9.47. The monoisotopic (exact) mass is 203 g/mol. The number of carbonyl (C=O) groups excluding carboxylic acids is 1. The molecule has 3 nitrogen and oxygen atoms in total. The highest BCUT2D eigenvalue weighted by molar-refractivity contribution is 5.95. The van der Waals surface area contributed by atoms with Gasteiger partial charge in [0.15, 0.2) is 5.78 Å². The number of hydrogen-bond acceptors (Lipinski definition) is 3. The molecule has 0 aromatic heterocycles. The van der Waals surface area contributed by atoms with Gasteiger partial charge in [0.25, 0.3) is 0 Å². The molecule has 0 heterocycles. The molecular formula is C12H13NO2. The largest absolute Gasteiger partial charge is 0.496 e. The van der Waals surface area contributed by atoms with Crippen molar-refractivity contribution in [2.45, 2.75) is 20.3 Å². The topological polar surface area (TPSA) is 50.1 Å². The van der Waals surface area contributed by atoms with Gasteiger partial charge in [-0.3, -0.25) is 4.79 Å². The van der Waals surface area contributed by atoms with Crippen LogP contribution in [0.3, 0.4) is 0 Å². The molecule has 1 aromatic carbocycles. The van der Waals surface area contributed by atoms with Crippen molar-refractivity contribution in [1.82, 2.24) is 0 Å². The van der Waals surface area contributed by atoms with Crippen LogP contribution in [-0.2, 0) is 6.42 Å².